The molecular weight excluding hydrogens is 270 g/mol. The van der Waals surface area contributed by atoms with Gasteiger partial charge in [-0.3, -0.25) is 4.79 Å². The number of aromatic nitrogens is 4. The van der Waals surface area contributed by atoms with Crippen molar-refractivity contribution >= 4 is 17.1 Å². The Morgan fingerprint density at radius 1 is 1.38 bits per heavy atom. The van der Waals surface area contributed by atoms with E-state index >= 15 is 0 Å². The third-order valence-corrected chi connectivity index (χ3v) is 4.04. The maximum Gasteiger partial charge on any atom is 0.255 e. The molecule has 2 aromatic heterocycles. The number of rotatable bonds is 1. The Hall–Kier alpha value is -2.02. The summed E-state index contributed by atoms with van der Waals surface area (Å²) in [7, 11) is 1.76. The maximum atomic E-state index is 12.6. The van der Waals surface area contributed by atoms with E-state index in [-0.39, 0.29) is 5.91 Å². The standard InChI is InChI=1S/C14H19N5O2/c1-14(21)4-3-6-19(7-5-14)13(20)10-8-11-12(15-9-10)18(2)17-16-11/h8-9,21H,3-7H2,1-2H3. The lowest BCUT2D eigenvalue weighted by atomic mass is 9.98. The molecule has 0 aliphatic carbocycles. The molecule has 0 bridgehead atoms. The Kier molecular flexibility index (Phi) is 3.36. The van der Waals surface area contributed by atoms with Gasteiger partial charge in [0, 0.05) is 26.3 Å². The van der Waals surface area contributed by atoms with Gasteiger partial charge in [-0.25, -0.2) is 9.67 Å². The van der Waals surface area contributed by atoms with E-state index in [2.05, 4.69) is 15.3 Å². The molecule has 1 amide bonds. The molecule has 7 nitrogen and oxygen atoms in total. The quantitative estimate of drug-likeness (QED) is 0.837. The predicted octanol–water partition coefficient (Wildman–Crippen LogP) is 0.740. The first-order chi connectivity index (χ1) is 9.96. The molecule has 1 aliphatic rings. The Bertz CT molecular complexity index is 679. The number of hydrogen-bond acceptors (Lipinski definition) is 5. The average molecular weight is 289 g/mol. The monoisotopic (exact) mass is 289 g/mol. The molecule has 3 rings (SSSR count). The molecule has 1 N–H and O–H groups in total. The van der Waals surface area contributed by atoms with Gasteiger partial charge in [0.15, 0.2) is 5.65 Å². The predicted molar refractivity (Wildman–Crippen MR) is 76.7 cm³/mol. The van der Waals surface area contributed by atoms with Gasteiger partial charge in [-0.2, -0.15) is 0 Å². The fourth-order valence-corrected chi connectivity index (χ4v) is 2.69. The van der Waals surface area contributed by atoms with E-state index in [0.29, 0.717) is 36.2 Å². The molecule has 7 heteroatoms. The normalized spacial score (nSPS) is 23.3. The summed E-state index contributed by atoms with van der Waals surface area (Å²) < 4.78 is 1.58. The van der Waals surface area contributed by atoms with E-state index in [4.69, 9.17) is 0 Å². The van der Waals surface area contributed by atoms with Crippen LogP contribution in [0.3, 0.4) is 0 Å². The Morgan fingerprint density at radius 3 is 3.00 bits per heavy atom. The van der Waals surface area contributed by atoms with Crippen LogP contribution in [-0.4, -0.2) is 54.6 Å². The first kappa shape index (κ1) is 13.9. The zero-order valence-corrected chi connectivity index (χ0v) is 12.3. The van der Waals surface area contributed by atoms with Crippen LogP contribution < -0.4 is 0 Å². The Morgan fingerprint density at radius 2 is 2.19 bits per heavy atom. The first-order valence-electron chi connectivity index (χ1n) is 7.13. The fraction of sp³-hybridized carbons (Fsp3) is 0.571. The number of aliphatic hydroxyl groups is 1. The van der Waals surface area contributed by atoms with Gasteiger partial charge >= 0.3 is 0 Å². The van der Waals surface area contributed by atoms with Crippen molar-refractivity contribution in [2.24, 2.45) is 7.05 Å². The van der Waals surface area contributed by atoms with Gasteiger partial charge in [-0.15, -0.1) is 5.10 Å². The highest BCUT2D eigenvalue weighted by molar-refractivity contribution is 5.96. The first-order valence-corrected chi connectivity index (χ1v) is 7.13. The summed E-state index contributed by atoms with van der Waals surface area (Å²) in [4.78, 5) is 18.6. The van der Waals surface area contributed by atoms with Crippen molar-refractivity contribution in [3.63, 3.8) is 0 Å². The smallest absolute Gasteiger partial charge is 0.255 e. The van der Waals surface area contributed by atoms with Gasteiger partial charge < -0.3 is 10.0 Å². The van der Waals surface area contributed by atoms with Crippen molar-refractivity contribution in [1.29, 1.82) is 0 Å². The van der Waals surface area contributed by atoms with Crippen LogP contribution in [0, 0.1) is 0 Å². The van der Waals surface area contributed by atoms with Crippen molar-refractivity contribution in [1.82, 2.24) is 24.9 Å². The van der Waals surface area contributed by atoms with Crippen molar-refractivity contribution < 1.29 is 9.90 Å². The minimum atomic E-state index is -0.678. The molecule has 0 aromatic carbocycles. The zero-order valence-electron chi connectivity index (χ0n) is 12.3. The van der Waals surface area contributed by atoms with E-state index in [1.54, 1.807) is 28.9 Å². The molecule has 0 spiro atoms. The summed E-state index contributed by atoms with van der Waals surface area (Å²) in [5.74, 6) is -0.0623. The topological polar surface area (TPSA) is 84.1 Å². The van der Waals surface area contributed by atoms with Gasteiger partial charge in [0.05, 0.1) is 11.2 Å². The molecule has 1 aliphatic heterocycles. The summed E-state index contributed by atoms with van der Waals surface area (Å²) in [6, 6.07) is 1.72. The summed E-state index contributed by atoms with van der Waals surface area (Å²) in [5, 5.41) is 18.0. The lowest BCUT2D eigenvalue weighted by Crippen LogP contribution is -2.33. The molecule has 2 aromatic rings. The van der Waals surface area contributed by atoms with Crippen LogP contribution in [0.4, 0.5) is 0 Å². The van der Waals surface area contributed by atoms with Gasteiger partial charge in [0.25, 0.3) is 5.91 Å². The van der Waals surface area contributed by atoms with Gasteiger partial charge in [-0.05, 0) is 32.3 Å². The van der Waals surface area contributed by atoms with Crippen LogP contribution in [0.15, 0.2) is 12.3 Å². The molecule has 1 unspecified atom stereocenters. The number of fused-ring (bicyclic) bond motifs is 1. The van der Waals surface area contributed by atoms with Gasteiger partial charge in [-0.1, -0.05) is 5.21 Å². The second-order valence-electron chi connectivity index (χ2n) is 5.92. The van der Waals surface area contributed by atoms with Gasteiger partial charge in [0.2, 0.25) is 0 Å². The highest BCUT2D eigenvalue weighted by Crippen LogP contribution is 2.22. The van der Waals surface area contributed by atoms with Crippen LogP contribution in [0.5, 0.6) is 0 Å². The molecule has 1 atom stereocenters. The van der Waals surface area contributed by atoms with E-state index < -0.39 is 5.60 Å². The highest BCUT2D eigenvalue weighted by Gasteiger charge is 2.27. The summed E-state index contributed by atoms with van der Waals surface area (Å²) in [6.45, 7) is 3.05. The average Bonchev–Trinajstić information content (AvgIpc) is 2.72. The summed E-state index contributed by atoms with van der Waals surface area (Å²) in [5.41, 5.74) is 1.11. The molecule has 3 heterocycles. The number of hydrogen-bond donors (Lipinski definition) is 1. The van der Waals surface area contributed by atoms with Crippen LogP contribution in [0.2, 0.25) is 0 Å². The van der Waals surface area contributed by atoms with Crippen LogP contribution in [-0.2, 0) is 7.05 Å². The van der Waals surface area contributed by atoms with Crippen LogP contribution in [0.1, 0.15) is 36.5 Å². The van der Waals surface area contributed by atoms with Crippen molar-refractivity contribution in [2.45, 2.75) is 31.8 Å². The largest absolute Gasteiger partial charge is 0.390 e. The number of carbonyl (C=O) groups excluding carboxylic acids is 1. The van der Waals surface area contributed by atoms with Crippen LogP contribution in [0.25, 0.3) is 11.2 Å². The second kappa shape index (κ2) is 5.07. The maximum absolute atomic E-state index is 12.6. The minimum absolute atomic E-state index is 0.0623. The number of carbonyl (C=O) groups is 1. The van der Waals surface area contributed by atoms with E-state index in [0.717, 1.165) is 12.8 Å². The molecule has 112 valence electrons. The zero-order chi connectivity index (χ0) is 15.0. The number of aryl methyl sites for hydroxylation is 1. The second-order valence-corrected chi connectivity index (χ2v) is 5.92. The number of nitrogens with zero attached hydrogens (tertiary/aromatic N) is 5. The third kappa shape index (κ3) is 2.73. The molecule has 0 saturated carbocycles. The fourth-order valence-electron chi connectivity index (χ4n) is 2.69. The summed E-state index contributed by atoms with van der Waals surface area (Å²) in [6.07, 6.45) is 3.69. The number of pyridine rings is 1. The molecule has 1 saturated heterocycles. The summed E-state index contributed by atoms with van der Waals surface area (Å²) >= 11 is 0. The Labute approximate surface area is 122 Å². The third-order valence-electron chi connectivity index (χ3n) is 4.04. The lowest BCUT2D eigenvalue weighted by molar-refractivity contribution is 0.0438. The highest BCUT2D eigenvalue weighted by atomic mass is 16.3. The minimum Gasteiger partial charge on any atom is -0.390 e. The number of likely N-dealkylation sites (tertiary alicyclic amines) is 1. The van der Waals surface area contributed by atoms with Gasteiger partial charge in [0.1, 0.15) is 5.52 Å². The van der Waals surface area contributed by atoms with E-state index in [1.807, 2.05) is 6.92 Å². The molecule has 21 heavy (non-hydrogen) atoms. The lowest BCUT2D eigenvalue weighted by Gasteiger charge is -2.22. The van der Waals surface area contributed by atoms with Crippen molar-refractivity contribution in [2.75, 3.05) is 13.1 Å². The van der Waals surface area contributed by atoms with E-state index in [9.17, 15) is 9.90 Å². The van der Waals surface area contributed by atoms with Crippen LogP contribution >= 0.6 is 0 Å². The Balaban J connectivity index is 1.83. The van der Waals surface area contributed by atoms with Crippen molar-refractivity contribution in [3.8, 4) is 0 Å². The SMILES string of the molecule is Cn1nnc2cc(C(=O)N3CCCC(C)(O)CC3)cnc21. The van der Waals surface area contributed by atoms with E-state index in [1.165, 1.54) is 0 Å². The molecule has 0 radical (unpaired) electrons. The van der Waals surface area contributed by atoms with Crippen molar-refractivity contribution in [3.05, 3.63) is 17.8 Å². The molecule has 1 fully saturated rings. The molecular formula is C14H19N5O2. The number of amides is 1.